The number of amides is 1. The Kier molecular flexibility index (Phi) is 5.28. The third kappa shape index (κ3) is 3.84. The first kappa shape index (κ1) is 16.9. The van der Waals surface area contributed by atoms with Crippen LogP contribution in [0.5, 0.6) is 0 Å². The van der Waals surface area contributed by atoms with Crippen molar-refractivity contribution in [2.75, 3.05) is 7.11 Å². The fourth-order valence-corrected chi connectivity index (χ4v) is 2.19. The van der Waals surface area contributed by atoms with Crippen LogP contribution in [0.3, 0.4) is 0 Å². The molecule has 0 aromatic heterocycles. The molecule has 2 aromatic carbocycles. The molecule has 0 heterocycles. The predicted molar refractivity (Wildman–Crippen MR) is 80.0 cm³/mol. The van der Waals surface area contributed by atoms with Gasteiger partial charge in [-0.05, 0) is 30.3 Å². The molecular weight excluding hydrogens is 328 g/mol. The van der Waals surface area contributed by atoms with Crippen molar-refractivity contribution < 1.29 is 23.1 Å². The Morgan fingerprint density at radius 3 is 2.52 bits per heavy atom. The van der Waals surface area contributed by atoms with Gasteiger partial charge in [0.15, 0.2) is 6.04 Å². The van der Waals surface area contributed by atoms with E-state index in [1.807, 2.05) is 0 Å². The average Bonchev–Trinajstić information content (AvgIpc) is 2.54. The lowest BCUT2D eigenvalue weighted by Gasteiger charge is -2.18. The zero-order chi connectivity index (χ0) is 17.0. The molecule has 0 aliphatic rings. The highest BCUT2D eigenvalue weighted by Gasteiger charge is 2.28. The summed E-state index contributed by atoms with van der Waals surface area (Å²) in [4.78, 5) is 24.1. The van der Waals surface area contributed by atoms with Crippen molar-refractivity contribution >= 4 is 23.5 Å². The molecule has 0 saturated heterocycles. The van der Waals surface area contributed by atoms with Crippen LogP contribution < -0.4 is 5.32 Å². The summed E-state index contributed by atoms with van der Waals surface area (Å²) in [7, 11) is 1.08. The highest BCUT2D eigenvalue weighted by molar-refractivity contribution is 6.33. The van der Waals surface area contributed by atoms with Gasteiger partial charge in [0.05, 0.1) is 17.7 Å². The number of nitrogens with one attached hydrogen (secondary N) is 1. The molecular formula is C16H12ClF2NO3. The van der Waals surface area contributed by atoms with Crippen molar-refractivity contribution in [3.63, 3.8) is 0 Å². The average molecular weight is 340 g/mol. The van der Waals surface area contributed by atoms with E-state index in [4.69, 9.17) is 11.6 Å². The molecule has 0 bridgehead atoms. The second-order valence-electron chi connectivity index (χ2n) is 4.58. The zero-order valence-electron chi connectivity index (χ0n) is 12.0. The van der Waals surface area contributed by atoms with Crippen molar-refractivity contribution in [3.8, 4) is 0 Å². The second-order valence-corrected chi connectivity index (χ2v) is 4.98. The van der Waals surface area contributed by atoms with Gasteiger partial charge in [0.2, 0.25) is 0 Å². The molecule has 1 N–H and O–H groups in total. The first-order chi connectivity index (χ1) is 10.9. The summed E-state index contributed by atoms with van der Waals surface area (Å²) >= 11 is 5.91. The molecule has 0 unspecified atom stereocenters. The van der Waals surface area contributed by atoms with Crippen LogP contribution in [0.4, 0.5) is 8.78 Å². The SMILES string of the molecule is COC(=O)[C@H](NC(=O)c1ccccc1Cl)c1cc(F)ccc1F. The standard InChI is InChI=1S/C16H12ClF2NO3/c1-23-16(22)14(11-8-9(18)6-7-13(11)19)20-15(21)10-4-2-3-5-12(10)17/h2-8,14H,1H3,(H,20,21)/t14-/m1/s1. The van der Waals surface area contributed by atoms with Gasteiger partial charge in [0.25, 0.3) is 5.91 Å². The smallest absolute Gasteiger partial charge is 0.333 e. The monoisotopic (exact) mass is 339 g/mol. The van der Waals surface area contributed by atoms with Crippen molar-refractivity contribution in [1.29, 1.82) is 0 Å². The largest absolute Gasteiger partial charge is 0.467 e. The summed E-state index contributed by atoms with van der Waals surface area (Å²) in [6.07, 6.45) is 0. The zero-order valence-corrected chi connectivity index (χ0v) is 12.7. The van der Waals surface area contributed by atoms with E-state index in [1.54, 1.807) is 12.1 Å². The Labute approximate surface area is 136 Å². The summed E-state index contributed by atoms with van der Waals surface area (Å²) in [5, 5.41) is 2.47. The number of carbonyl (C=O) groups excluding carboxylic acids is 2. The Bertz CT molecular complexity index is 752. The maximum absolute atomic E-state index is 13.9. The van der Waals surface area contributed by atoms with Crippen molar-refractivity contribution in [2.45, 2.75) is 6.04 Å². The molecule has 1 atom stereocenters. The van der Waals surface area contributed by atoms with Gasteiger partial charge in [-0.25, -0.2) is 13.6 Å². The Morgan fingerprint density at radius 1 is 1.17 bits per heavy atom. The number of esters is 1. The molecule has 4 nitrogen and oxygen atoms in total. The van der Waals surface area contributed by atoms with E-state index in [0.29, 0.717) is 0 Å². The molecule has 0 saturated carbocycles. The van der Waals surface area contributed by atoms with Crippen molar-refractivity contribution in [2.24, 2.45) is 0 Å². The fraction of sp³-hybridized carbons (Fsp3) is 0.125. The van der Waals surface area contributed by atoms with Crippen LogP contribution in [0, 0.1) is 11.6 Å². The van der Waals surface area contributed by atoms with E-state index >= 15 is 0 Å². The molecule has 23 heavy (non-hydrogen) atoms. The van der Waals surface area contributed by atoms with Gasteiger partial charge in [0.1, 0.15) is 11.6 Å². The Hall–Kier alpha value is -2.47. The number of hydrogen-bond donors (Lipinski definition) is 1. The van der Waals surface area contributed by atoms with Gasteiger partial charge in [-0.1, -0.05) is 23.7 Å². The van der Waals surface area contributed by atoms with Crippen LogP contribution in [-0.4, -0.2) is 19.0 Å². The number of hydrogen-bond acceptors (Lipinski definition) is 3. The molecule has 0 spiro atoms. The highest BCUT2D eigenvalue weighted by atomic mass is 35.5. The predicted octanol–water partition coefficient (Wildman–Crippen LogP) is 3.26. The van der Waals surface area contributed by atoms with Crippen LogP contribution in [0.2, 0.25) is 5.02 Å². The number of carbonyl (C=O) groups is 2. The molecule has 0 radical (unpaired) electrons. The minimum absolute atomic E-state index is 0.0971. The molecule has 0 aliphatic heterocycles. The van der Waals surface area contributed by atoms with Crippen LogP contribution in [0.25, 0.3) is 0 Å². The lowest BCUT2D eigenvalue weighted by molar-refractivity contribution is -0.143. The number of halogens is 3. The van der Waals surface area contributed by atoms with E-state index in [9.17, 15) is 18.4 Å². The molecule has 0 fully saturated rings. The van der Waals surface area contributed by atoms with E-state index in [-0.39, 0.29) is 16.1 Å². The lowest BCUT2D eigenvalue weighted by atomic mass is 10.1. The molecule has 2 aromatic rings. The van der Waals surface area contributed by atoms with Crippen LogP contribution in [0.15, 0.2) is 42.5 Å². The molecule has 2 rings (SSSR count). The summed E-state index contributed by atoms with van der Waals surface area (Å²) in [6.45, 7) is 0. The first-order valence-corrected chi connectivity index (χ1v) is 6.90. The maximum Gasteiger partial charge on any atom is 0.333 e. The molecule has 0 aliphatic carbocycles. The number of rotatable bonds is 4. The van der Waals surface area contributed by atoms with Crippen LogP contribution in [0.1, 0.15) is 22.0 Å². The topological polar surface area (TPSA) is 55.4 Å². The van der Waals surface area contributed by atoms with E-state index in [2.05, 4.69) is 10.1 Å². The third-order valence-corrected chi connectivity index (χ3v) is 3.43. The van der Waals surface area contributed by atoms with Gasteiger partial charge in [-0.2, -0.15) is 0 Å². The summed E-state index contributed by atoms with van der Waals surface area (Å²) in [6, 6.07) is 7.23. The number of ether oxygens (including phenoxy) is 1. The van der Waals surface area contributed by atoms with Gasteiger partial charge in [-0.15, -0.1) is 0 Å². The molecule has 1 amide bonds. The third-order valence-electron chi connectivity index (χ3n) is 3.10. The van der Waals surface area contributed by atoms with Crippen LogP contribution >= 0.6 is 11.6 Å². The lowest BCUT2D eigenvalue weighted by Crippen LogP contribution is -2.35. The summed E-state index contributed by atoms with van der Waals surface area (Å²) < 4.78 is 31.8. The normalized spacial score (nSPS) is 11.7. The van der Waals surface area contributed by atoms with Crippen molar-refractivity contribution in [1.82, 2.24) is 5.32 Å². The molecule has 7 heteroatoms. The van der Waals surface area contributed by atoms with E-state index < -0.39 is 29.6 Å². The minimum atomic E-state index is -1.50. The Balaban J connectivity index is 2.37. The highest BCUT2D eigenvalue weighted by Crippen LogP contribution is 2.22. The van der Waals surface area contributed by atoms with E-state index in [1.165, 1.54) is 12.1 Å². The quantitative estimate of drug-likeness (QED) is 0.870. The molecule has 120 valence electrons. The fourth-order valence-electron chi connectivity index (χ4n) is 1.97. The maximum atomic E-state index is 13.9. The number of benzene rings is 2. The summed E-state index contributed by atoms with van der Waals surface area (Å²) in [5.41, 5.74) is -0.239. The summed E-state index contributed by atoms with van der Waals surface area (Å²) in [5.74, 6) is -3.24. The minimum Gasteiger partial charge on any atom is -0.467 e. The van der Waals surface area contributed by atoms with Gasteiger partial charge in [-0.3, -0.25) is 4.79 Å². The second kappa shape index (κ2) is 7.19. The Morgan fingerprint density at radius 2 is 1.87 bits per heavy atom. The number of methoxy groups -OCH3 is 1. The van der Waals surface area contributed by atoms with E-state index in [0.717, 1.165) is 25.3 Å². The van der Waals surface area contributed by atoms with Gasteiger partial charge in [0, 0.05) is 5.56 Å². The van der Waals surface area contributed by atoms with Crippen LogP contribution in [-0.2, 0) is 9.53 Å². The van der Waals surface area contributed by atoms with Gasteiger partial charge < -0.3 is 10.1 Å². The van der Waals surface area contributed by atoms with Gasteiger partial charge >= 0.3 is 5.97 Å². The first-order valence-electron chi connectivity index (χ1n) is 6.52. The van der Waals surface area contributed by atoms with Crippen molar-refractivity contribution in [3.05, 3.63) is 70.2 Å².